The Morgan fingerprint density at radius 1 is 1.23 bits per heavy atom. The second-order valence-electron chi connectivity index (χ2n) is 8.50. The zero-order valence-corrected chi connectivity index (χ0v) is 17.8. The van der Waals surface area contributed by atoms with Gasteiger partial charge in [-0.15, -0.1) is 0 Å². The van der Waals surface area contributed by atoms with Gasteiger partial charge in [-0.05, 0) is 45.4 Å². The average Bonchev–Trinajstić information content (AvgIpc) is 3.17. The van der Waals surface area contributed by atoms with Crippen LogP contribution in [0.15, 0.2) is 42.6 Å². The van der Waals surface area contributed by atoms with Crippen molar-refractivity contribution in [1.29, 1.82) is 0 Å². The second-order valence-corrected chi connectivity index (χ2v) is 8.50. The first-order valence-electron chi connectivity index (χ1n) is 10.2. The van der Waals surface area contributed by atoms with Crippen molar-refractivity contribution < 1.29 is 9.90 Å². The molecule has 4 rings (SSSR count). The number of amides is 1. The number of hydrogen-bond donors (Lipinski definition) is 3. The molecule has 1 fully saturated rings. The molecule has 0 saturated carbocycles. The summed E-state index contributed by atoms with van der Waals surface area (Å²) in [5.74, 6) is 1.13. The molecule has 1 aromatic carbocycles. The molecule has 0 aliphatic carbocycles. The van der Waals surface area contributed by atoms with Gasteiger partial charge in [0.05, 0.1) is 11.8 Å². The van der Waals surface area contributed by atoms with Crippen LogP contribution in [0.25, 0.3) is 5.65 Å². The number of benzene rings is 1. The molecule has 2 atom stereocenters. The van der Waals surface area contributed by atoms with E-state index in [1.54, 1.807) is 44.3 Å². The van der Waals surface area contributed by atoms with E-state index in [1.165, 1.54) is 0 Å². The summed E-state index contributed by atoms with van der Waals surface area (Å²) in [6.07, 6.45) is 1.71. The van der Waals surface area contributed by atoms with Crippen LogP contribution in [0, 0.1) is 0 Å². The number of piperazine rings is 1. The molecule has 1 aliphatic rings. The Balaban J connectivity index is 1.62. The molecule has 3 aromatic rings. The van der Waals surface area contributed by atoms with Gasteiger partial charge in [-0.3, -0.25) is 4.79 Å². The van der Waals surface area contributed by atoms with Crippen molar-refractivity contribution in [2.45, 2.75) is 45.4 Å². The lowest BCUT2D eigenvalue weighted by Crippen LogP contribution is -2.55. The third-order valence-corrected chi connectivity index (χ3v) is 5.49. The maximum atomic E-state index is 12.8. The summed E-state index contributed by atoms with van der Waals surface area (Å²) in [4.78, 5) is 19.6. The summed E-state index contributed by atoms with van der Waals surface area (Å²) in [7, 11) is 0. The molecule has 1 saturated heterocycles. The number of carbonyl (C=O) groups is 1. The van der Waals surface area contributed by atoms with E-state index >= 15 is 0 Å². The number of aliphatic hydroxyl groups is 1. The molecule has 3 heterocycles. The lowest BCUT2D eigenvalue weighted by atomic mass is 9.97. The van der Waals surface area contributed by atoms with E-state index in [-0.39, 0.29) is 11.9 Å². The molecule has 8 heteroatoms. The van der Waals surface area contributed by atoms with E-state index in [0.29, 0.717) is 23.1 Å². The molecule has 3 N–H and O–H groups in total. The van der Waals surface area contributed by atoms with Gasteiger partial charge in [0.25, 0.3) is 5.91 Å². The molecular formula is C22H28N6O2. The van der Waals surface area contributed by atoms with Crippen LogP contribution in [-0.2, 0) is 5.60 Å². The highest BCUT2D eigenvalue weighted by molar-refractivity contribution is 6.04. The van der Waals surface area contributed by atoms with Crippen molar-refractivity contribution in [3.63, 3.8) is 0 Å². The summed E-state index contributed by atoms with van der Waals surface area (Å²) in [6, 6.07) is 11.3. The van der Waals surface area contributed by atoms with Crippen LogP contribution < -0.4 is 15.5 Å². The van der Waals surface area contributed by atoms with E-state index in [1.807, 2.05) is 16.6 Å². The van der Waals surface area contributed by atoms with Crippen molar-refractivity contribution >= 4 is 23.2 Å². The zero-order chi connectivity index (χ0) is 21.5. The summed E-state index contributed by atoms with van der Waals surface area (Å²) >= 11 is 0. The van der Waals surface area contributed by atoms with Crippen LogP contribution in [0.5, 0.6) is 0 Å². The van der Waals surface area contributed by atoms with Gasteiger partial charge in [-0.25, -0.2) is 4.98 Å². The fraction of sp³-hybridized carbons (Fsp3) is 0.409. The molecule has 158 valence electrons. The van der Waals surface area contributed by atoms with Crippen LogP contribution in [-0.4, -0.2) is 50.8 Å². The molecule has 1 amide bonds. The molecule has 2 unspecified atom stereocenters. The van der Waals surface area contributed by atoms with Crippen LogP contribution >= 0.6 is 0 Å². The van der Waals surface area contributed by atoms with E-state index in [9.17, 15) is 9.90 Å². The summed E-state index contributed by atoms with van der Waals surface area (Å²) in [6.45, 7) is 9.46. The highest BCUT2D eigenvalue weighted by Gasteiger charge is 2.25. The lowest BCUT2D eigenvalue weighted by molar-refractivity contribution is 0.0785. The molecule has 0 radical (unpaired) electrons. The van der Waals surface area contributed by atoms with Gasteiger partial charge >= 0.3 is 0 Å². The first-order valence-corrected chi connectivity index (χ1v) is 10.2. The van der Waals surface area contributed by atoms with Gasteiger partial charge in [0, 0.05) is 42.9 Å². The zero-order valence-electron chi connectivity index (χ0n) is 17.8. The van der Waals surface area contributed by atoms with Crippen molar-refractivity contribution in [3.05, 3.63) is 53.7 Å². The first kappa shape index (κ1) is 20.3. The van der Waals surface area contributed by atoms with Gasteiger partial charge in [0.2, 0.25) is 0 Å². The summed E-state index contributed by atoms with van der Waals surface area (Å²) in [5, 5.41) is 20.9. The normalized spacial score (nSPS) is 19.8. The van der Waals surface area contributed by atoms with Gasteiger partial charge in [0.15, 0.2) is 5.65 Å². The summed E-state index contributed by atoms with van der Waals surface area (Å²) in [5.41, 5.74) is 0.986. The predicted molar refractivity (Wildman–Crippen MR) is 117 cm³/mol. The van der Waals surface area contributed by atoms with Crippen LogP contribution in [0.2, 0.25) is 0 Å². The number of carbonyl (C=O) groups excluding carboxylic acids is 1. The average molecular weight is 409 g/mol. The Hall–Kier alpha value is -2.97. The quantitative estimate of drug-likeness (QED) is 0.614. The maximum absolute atomic E-state index is 12.8. The van der Waals surface area contributed by atoms with Crippen molar-refractivity contribution in [2.75, 3.05) is 23.3 Å². The highest BCUT2D eigenvalue weighted by Crippen LogP contribution is 2.24. The monoisotopic (exact) mass is 408 g/mol. The first-order chi connectivity index (χ1) is 14.2. The molecule has 0 bridgehead atoms. The van der Waals surface area contributed by atoms with E-state index in [2.05, 4.69) is 39.5 Å². The number of fused-ring (bicyclic) bond motifs is 1. The number of aromatic nitrogens is 3. The molecular weight excluding hydrogens is 380 g/mol. The number of nitrogens with one attached hydrogen (secondary N) is 2. The predicted octanol–water partition coefficient (Wildman–Crippen LogP) is 2.40. The number of anilines is 2. The third kappa shape index (κ3) is 4.01. The Kier molecular flexibility index (Phi) is 5.21. The molecule has 1 aliphatic heterocycles. The van der Waals surface area contributed by atoms with Crippen molar-refractivity contribution in [1.82, 2.24) is 19.9 Å². The Labute approximate surface area is 175 Å². The SMILES string of the molecule is CC1CN(c2cc(NC(=O)c3ccc(C(C)(C)O)cc3)nc3ccnn23)C(C)CN1. The number of nitrogens with zero attached hydrogens (tertiary/aromatic N) is 4. The Bertz CT molecular complexity index is 1050. The van der Waals surface area contributed by atoms with Gasteiger partial charge in [-0.2, -0.15) is 9.61 Å². The topological polar surface area (TPSA) is 94.8 Å². The smallest absolute Gasteiger partial charge is 0.256 e. The van der Waals surface area contributed by atoms with E-state index < -0.39 is 5.60 Å². The third-order valence-electron chi connectivity index (χ3n) is 5.49. The largest absolute Gasteiger partial charge is 0.386 e. The minimum Gasteiger partial charge on any atom is -0.386 e. The fourth-order valence-electron chi connectivity index (χ4n) is 3.72. The highest BCUT2D eigenvalue weighted by atomic mass is 16.3. The standard InChI is InChI=1S/C22H28N6O2/c1-14-13-27(15(2)12-23-14)20-11-18(25-19-9-10-24-28(19)20)26-21(29)16-5-7-17(8-6-16)22(3,4)30/h5-11,14-15,23,30H,12-13H2,1-4H3,(H,25,26,29). The van der Waals surface area contributed by atoms with Crippen LogP contribution in [0.1, 0.15) is 43.6 Å². The van der Waals surface area contributed by atoms with Crippen molar-refractivity contribution in [2.24, 2.45) is 0 Å². The number of hydrogen-bond acceptors (Lipinski definition) is 6. The molecule has 30 heavy (non-hydrogen) atoms. The summed E-state index contributed by atoms with van der Waals surface area (Å²) < 4.78 is 1.81. The van der Waals surface area contributed by atoms with Crippen LogP contribution in [0.4, 0.5) is 11.6 Å². The Morgan fingerprint density at radius 3 is 2.67 bits per heavy atom. The van der Waals surface area contributed by atoms with Crippen LogP contribution in [0.3, 0.4) is 0 Å². The van der Waals surface area contributed by atoms with E-state index in [4.69, 9.17) is 0 Å². The van der Waals surface area contributed by atoms with Gasteiger partial charge in [0.1, 0.15) is 11.6 Å². The number of rotatable bonds is 4. The van der Waals surface area contributed by atoms with Gasteiger partial charge < -0.3 is 20.6 Å². The Morgan fingerprint density at radius 2 is 1.97 bits per heavy atom. The molecule has 0 spiro atoms. The minimum atomic E-state index is -0.949. The van der Waals surface area contributed by atoms with Crippen molar-refractivity contribution in [3.8, 4) is 0 Å². The minimum absolute atomic E-state index is 0.249. The lowest BCUT2D eigenvalue weighted by Gasteiger charge is -2.39. The maximum Gasteiger partial charge on any atom is 0.256 e. The second kappa shape index (κ2) is 7.70. The fourth-order valence-corrected chi connectivity index (χ4v) is 3.72. The van der Waals surface area contributed by atoms with Gasteiger partial charge in [-0.1, -0.05) is 12.1 Å². The molecule has 2 aromatic heterocycles. The molecule has 8 nitrogen and oxygen atoms in total. The van der Waals surface area contributed by atoms with E-state index in [0.717, 1.165) is 24.5 Å².